The Labute approximate surface area is 109 Å². The molecule has 0 bridgehead atoms. The molecule has 0 spiro atoms. The number of hydrogen-bond donors (Lipinski definition) is 1. The van der Waals surface area contributed by atoms with Crippen molar-refractivity contribution in [3.63, 3.8) is 0 Å². The molecule has 2 rings (SSSR count). The Morgan fingerprint density at radius 1 is 1.29 bits per heavy atom. The lowest BCUT2D eigenvalue weighted by molar-refractivity contribution is 0.195. The van der Waals surface area contributed by atoms with E-state index in [1.165, 1.54) is 37.7 Å². The van der Waals surface area contributed by atoms with Crippen LogP contribution in [0.15, 0.2) is 18.2 Å². The van der Waals surface area contributed by atoms with Gasteiger partial charge in [-0.25, -0.2) is 0 Å². The van der Waals surface area contributed by atoms with Gasteiger partial charge in [0.2, 0.25) is 0 Å². The van der Waals surface area contributed by atoms with Gasteiger partial charge in [0.1, 0.15) is 0 Å². The van der Waals surface area contributed by atoms with Crippen LogP contribution in [0, 0.1) is 0 Å². The Bertz CT molecular complexity index is 367. The summed E-state index contributed by atoms with van der Waals surface area (Å²) in [6.07, 6.45) is 6.96. The van der Waals surface area contributed by atoms with Crippen molar-refractivity contribution in [1.82, 2.24) is 0 Å². The number of hydrogen-bond acceptors (Lipinski definition) is 1. The van der Waals surface area contributed by atoms with Crippen LogP contribution in [-0.4, -0.2) is 11.2 Å². The molecule has 1 aliphatic carbocycles. The summed E-state index contributed by atoms with van der Waals surface area (Å²) in [5.41, 5.74) is 2.44. The fraction of sp³-hybridized carbons (Fsp3) is 0.600. The number of rotatable bonds is 3. The van der Waals surface area contributed by atoms with Crippen molar-refractivity contribution in [2.24, 2.45) is 0 Å². The average Bonchev–Trinajstić information content (AvgIpc) is 2.29. The average molecular weight is 253 g/mol. The molecule has 1 nitrogen and oxygen atoms in total. The Hall–Kier alpha value is -0.530. The Balaban J connectivity index is 2.13. The summed E-state index contributed by atoms with van der Waals surface area (Å²) in [4.78, 5) is 0. The third-order valence-electron chi connectivity index (χ3n) is 3.64. The van der Waals surface area contributed by atoms with E-state index in [9.17, 15) is 5.11 Å². The van der Waals surface area contributed by atoms with Crippen LogP contribution in [0.1, 0.15) is 56.1 Å². The second-order valence-electron chi connectivity index (χ2n) is 5.24. The van der Waals surface area contributed by atoms with Gasteiger partial charge in [0.05, 0.1) is 6.10 Å². The highest BCUT2D eigenvalue weighted by atomic mass is 35.5. The minimum absolute atomic E-state index is 0.299. The summed E-state index contributed by atoms with van der Waals surface area (Å²) >= 11 is 6.36. The summed E-state index contributed by atoms with van der Waals surface area (Å²) in [6.45, 7) is 1.81. The quantitative estimate of drug-likeness (QED) is 0.850. The van der Waals surface area contributed by atoms with Gasteiger partial charge in [-0.3, -0.25) is 0 Å². The Morgan fingerprint density at radius 2 is 2.00 bits per heavy atom. The van der Waals surface area contributed by atoms with Gasteiger partial charge >= 0.3 is 0 Å². The number of halogens is 1. The van der Waals surface area contributed by atoms with Crippen LogP contribution in [0.2, 0.25) is 5.02 Å². The third-order valence-corrected chi connectivity index (χ3v) is 3.97. The zero-order valence-corrected chi connectivity index (χ0v) is 11.2. The molecule has 1 aliphatic rings. The summed E-state index contributed by atoms with van der Waals surface area (Å²) in [6, 6.07) is 6.30. The fourth-order valence-corrected chi connectivity index (χ4v) is 3.14. The summed E-state index contributed by atoms with van der Waals surface area (Å²) in [5.74, 6) is 0.650. The first-order chi connectivity index (χ1) is 8.16. The molecule has 1 aromatic rings. The zero-order chi connectivity index (χ0) is 12.3. The van der Waals surface area contributed by atoms with Crippen LogP contribution in [0.25, 0.3) is 0 Å². The van der Waals surface area contributed by atoms with Crippen LogP contribution in [0.4, 0.5) is 0 Å². The van der Waals surface area contributed by atoms with Crippen LogP contribution < -0.4 is 0 Å². The van der Waals surface area contributed by atoms with Crippen molar-refractivity contribution in [3.05, 3.63) is 34.3 Å². The van der Waals surface area contributed by atoms with Gasteiger partial charge in [-0.1, -0.05) is 43.0 Å². The molecule has 1 fully saturated rings. The molecule has 0 saturated heterocycles. The predicted octanol–water partition coefficient (Wildman–Crippen LogP) is 4.31. The van der Waals surface area contributed by atoms with E-state index < -0.39 is 0 Å². The highest BCUT2D eigenvalue weighted by Gasteiger charge is 2.18. The number of aliphatic hydroxyl groups excluding tert-OH is 1. The molecule has 0 aliphatic heterocycles. The summed E-state index contributed by atoms with van der Waals surface area (Å²) in [7, 11) is 0. The van der Waals surface area contributed by atoms with Gasteiger partial charge < -0.3 is 5.11 Å². The molecule has 1 unspecified atom stereocenters. The van der Waals surface area contributed by atoms with Crippen LogP contribution in [-0.2, 0) is 6.42 Å². The summed E-state index contributed by atoms with van der Waals surface area (Å²) in [5, 5.41) is 10.3. The van der Waals surface area contributed by atoms with E-state index in [4.69, 9.17) is 11.6 Å². The van der Waals surface area contributed by atoms with Gasteiger partial charge in [0.25, 0.3) is 0 Å². The molecule has 1 N–H and O–H groups in total. The van der Waals surface area contributed by atoms with E-state index in [-0.39, 0.29) is 6.10 Å². The number of benzene rings is 1. The lowest BCUT2D eigenvalue weighted by Gasteiger charge is -2.23. The standard InChI is InChI=1S/C15H21ClO/c1-11(17)9-12-7-8-14(15(16)10-12)13-5-3-2-4-6-13/h7-8,10-11,13,17H,2-6,9H2,1H3. The first-order valence-electron chi connectivity index (χ1n) is 6.63. The van der Waals surface area contributed by atoms with E-state index in [0.717, 1.165) is 10.6 Å². The normalized spacial score (nSPS) is 19.2. The van der Waals surface area contributed by atoms with Crippen molar-refractivity contribution < 1.29 is 5.11 Å². The minimum Gasteiger partial charge on any atom is -0.393 e. The highest BCUT2D eigenvalue weighted by molar-refractivity contribution is 6.31. The zero-order valence-electron chi connectivity index (χ0n) is 10.5. The maximum atomic E-state index is 9.37. The highest BCUT2D eigenvalue weighted by Crippen LogP contribution is 2.36. The predicted molar refractivity (Wildman–Crippen MR) is 72.7 cm³/mol. The molecule has 17 heavy (non-hydrogen) atoms. The van der Waals surface area contributed by atoms with Crippen molar-refractivity contribution in [2.75, 3.05) is 0 Å². The Kier molecular flexibility index (Phi) is 4.47. The molecule has 1 saturated carbocycles. The van der Waals surface area contributed by atoms with Crippen LogP contribution in [0.5, 0.6) is 0 Å². The van der Waals surface area contributed by atoms with Gasteiger partial charge in [0, 0.05) is 5.02 Å². The first kappa shape index (κ1) is 12.9. The van der Waals surface area contributed by atoms with Crippen LogP contribution in [0.3, 0.4) is 0 Å². The molecule has 1 atom stereocenters. The first-order valence-corrected chi connectivity index (χ1v) is 7.01. The molecule has 0 heterocycles. The largest absolute Gasteiger partial charge is 0.393 e. The maximum Gasteiger partial charge on any atom is 0.0552 e. The molecule has 1 aromatic carbocycles. The molecule has 0 radical (unpaired) electrons. The van der Waals surface area contributed by atoms with Gasteiger partial charge in [-0.15, -0.1) is 0 Å². The molecular weight excluding hydrogens is 232 g/mol. The van der Waals surface area contributed by atoms with E-state index in [1.54, 1.807) is 0 Å². The van der Waals surface area contributed by atoms with Crippen molar-refractivity contribution in [3.8, 4) is 0 Å². The van der Waals surface area contributed by atoms with Gasteiger partial charge in [-0.2, -0.15) is 0 Å². The number of aliphatic hydroxyl groups is 1. The second kappa shape index (κ2) is 5.88. The van der Waals surface area contributed by atoms with E-state index in [0.29, 0.717) is 12.3 Å². The summed E-state index contributed by atoms with van der Waals surface area (Å²) < 4.78 is 0. The molecule has 94 valence electrons. The fourth-order valence-electron chi connectivity index (χ4n) is 2.78. The molecule has 0 amide bonds. The van der Waals surface area contributed by atoms with Crippen molar-refractivity contribution in [1.29, 1.82) is 0 Å². The van der Waals surface area contributed by atoms with E-state index in [1.807, 2.05) is 13.0 Å². The van der Waals surface area contributed by atoms with Crippen LogP contribution >= 0.6 is 11.6 Å². The smallest absolute Gasteiger partial charge is 0.0552 e. The molecule has 0 aromatic heterocycles. The van der Waals surface area contributed by atoms with Gasteiger partial charge in [-0.05, 0) is 49.3 Å². The lowest BCUT2D eigenvalue weighted by atomic mass is 9.83. The second-order valence-corrected chi connectivity index (χ2v) is 5.65. The van der Waals surface area contributed by atoms with Crippen molar-refractivity contribution in [2.45, 2.75) is 57.5 Å². The lowest BCUT2D eigenvalue weighted by Crippen LogP contribution is -2.07. The minimum atomic E-state index is -0.299. The molecule has 2 heteroatoms. The maximum absolute atomic E-state index is 9.37. The molecular formula is C15H21ClO. The Morgan fingerprint density at radius 3 is 2.59 bits per heavy atom. The topological polar surface area (TPSA) is 20.2 Å². The van der Waals surface area contributed by atoms with Gasteiger partial charge in [0.15, 0.2) is 0 Å². The van der Waals surface area contributed by atoms with Crippen molar-refractivity contribution >= 4 is 11.6 Å². The third kappa shape index (κ3) is 3.46. The monoisotopic (exact) mass is 252 g/mol. The van der Waals surface area contributed by atoms with E-state index >= 15 is 0 Å². The SMILES string of the molecule is CC(O)Cc1ccc(C2CCCCC2)c(Cl)c1. The van der Waals surface area contributed by atoms with E-state index in [2.05, 4.69) is 12.1 Å².